The van der Waals surface area contributed by atoms with Crippen LogP contribution in [0, 0.1) is 17.6 Å². The second-order valence-electron chi connectivity index (χ2n) is 5.00. The van der Waals surface area contributed by atoms with Gasteiger partial charge in [0.25, 0.3) is 0 Å². The normalized spacial score (nSPS) is 24.6. The van der Waals surface area contributed by atoms with Gasteiger partial charge in [0, 0.05) is 18.6 Å². The lowest BCUT2D eigenvalue weighted by Gasteiger charge is -2.26. The van der Waals surface area contributed by atoms with Gasteiger partial charge in [-0.2, -0.15) is 0 Å². The highest BCUT2D eigenvalue weighted by Crippen LogP contribution is 2.28. The van der Waals surface area contributed by atoms with Gasteiger partial charge >= 0.3 is 0 Å². The van der Waals surface area contributed by atoms with Crippen LogP contribution in [0.1, 0.15) is 25.3 Å². The first kappa shape index (κ1) is 14.4. The molecule has 0 saturated carbocycles. The highest BCUT2D eigenvalue weighted by atomic mass is 19.2. The van der Waals surface area contributed by atoms with Crippen LogP contribution in [0.15, 0.2) is 18.2 Å². The number of nitrogens with one attached hydrogen (secondary N) is 1. The minimum absolute atomic E-state index is 0.0114. The number of hydrogen-bond donors (Lipinski definition) is 2. The van der Waals surface area contributed by atoms with Crippen molar-refractivity contribution in [2.45, 2.75) is 38.3 Å². The van der Waals surface area contributed by atoms with Crippen LogP contribution in [0.3, 0.4) is 0 Å². The van der Waals surface area contributed by atoms with Crippen molar-refractivity contribution in [3.05, 3.63) is 35.4 Å². The largest absolute Gasteiger partial charge is 0.378 e. The number of ether oxygens (including phenoxy) is 1. The highest BCUT2D eigenvalue weighted by molar-refractivity contribution is 5.19. The summed E-state index contributed by atoms with van der Waals surface area (Å²) in [7, 11) is 0. The van der Waals surface area contributed by atoms with Gasteiger partial charge in [-0.05, 0) is 37.0 Å². The summed E-state index contributed by atoms with van der Waals surface area (Å²) in [5, 5.41) is 0. The second-order valence-corrected chi connectivity index (χ2v) is 5.00. The van der Waals surface area contributed by atoms with Crippen LogP contribution in [-0.2, 0) is 11.2 Å². The molecule has 0 bridgehead atoms. The maximum atomic E-state index is 13.2. The first-order chi connectivity index (χ1) is 9.15. The summed E-state index contributed by atoms with van der Waals surface area (Å²) in [5.41, 5.74) is 3.53. The van der Waals surface area contributed by atoms with E-state index < -0.39 is 11.6 Å². The van der Waals surface area contributed by atoms with Gasteiger partial charge in [-0.15, -0.1) is 0 Å². The molecule has 5 heteroatoms. The molecule has 19 heavy (non-hydrogen) atoms. The monoisotopic (exact) mass is 270 g/mol. The van der Waals surface area contributed by atoms with Crippen LogP contribution in [0.2, 0.25) is 0 Å². The minimum Gasteiger partial charge on any atom is -0.378 e. The van der Waals surface area contributed by atoms with Gasteiger partial charge in [0.15, 0.2) is 11.6 Å². The SMILES string of the molecule is CCC1OCCC1C(Cc1ccc(F)c(F)c1)NN. The Morgan fingerprint density at radius 3 is 2.84 bits per heavy atom. The van der Waals surface area contributed by atoms with Gasteiger partial charge in [-0.1, -0.05) is 13.0 Å². The first-order valence-corrected chi connectivity index (χ1v) is 6.67. The topological polar surface area (TPSA) is 47.3 Å². The molecule has 0 amide bonds. The van der Waals surface area contributed by atoms with Gasteiger partial charge in [-0.25, -0.2) is 8.78 Å². The van der Waals surface area contributed by atoms with Gasteiger partial charge in [-0.3, -0.25) is 11.3 Å². The molecule has 3 N–H and O–H groups in total. The lowest BCUT2D eigenvalue weighted by Crippen LogP contribution is -2.45. The van der Waals surface area contributed by atoms with Crippen LogP contribution in [0.4, 0.5) is 8.78 Å². The van der Waals surface area contributed by atoms with Crippen LogP contribution in [0.25, 0.3) is 0 Å². The molecule has 2 rings (SSSR count). The predicted molar refractivity (Wildman–Crippen MR) is 69.3 cm³/mol. The van der Waals surface area contributed by atoms with Crippen molar-refractivity contribution in [1.29, 1.82) is 0 Å². The number of hydrazine groups is 1. The third-order valence-corrected chi connectivity index (χ3v) is 3.83. The Morgan fingerprint density at radius 1 is 1.42 bits per heavy atom. The Morgan fingerprint density at radius 2 is 2.21 bits per heavy atom. The zero-order valence-electron chi connectivity index (χ0n) is 11.0. The molecule has 0 aromatic heterocycles. The third kappa shape index (κ3) is 3.29. The first-order valence-electron chi connectivity index (χ1n) is 6.67. The minimum atomic E-state index is -0.823. The summed E-state index contributed by atoms with van der Waals surface area (Å²) >= 11 is 0. The van der Waals surface area contributed by atoms with E-state index in [4.69, 9.17) is 10.6 Å². The summed E-state index contributed by atoms with van der Waals surface area (Å²) in [5.74, 6) is 4.28. The Hall–Kier alpha value is -1.04. The molecule has 1 fully saturated rings. The summed E-state index contributed by atoms with van der Waals surface area (Å²) in [6.45, 7) is 2.81. The van der Waals surface area contributed by atoms with Crippen molar-refractivity contribution in [3.8, 4) is 0 Å². The standard InChI is InChI=1S/C14H20F2N2O/c1-2-14-10(5-6-19-14)13(18-17)8-9-3-4-11(15)12(16)7-9/h3-4,7,10,13-14,18H,2,5-6,8,17H2,1H3. The summed E-state index contributed by atoms with van der Waals surface area (Å²) in [6, 6.07) is 3.99. The Bertz CT molecular complexity index is 428. The maximum Gasteiger partial charge on any atom is 0.159 e. The summed E-state index contributed by atoms with van der Waals surface area (Å²) in [6.07, 6.45) is 2.63. The number of hydrogen-bond acceptors (Lipinski definition) is 3. The smallest absolute Gasteiger partial charge is 0.159 e. The third-order valence-electron chi connectivity index (χ3n) is 3.83. The van der Waals surface area contributed by atoms with E-state index in [2.05, 4.69) is 12.3 Å². The van der Waals surface area contributed by atoms with Gasteiger partial charge in [0.1, 0.15) is 0 Å². The molecular formula is C14H20F2N2O. The molecule has 1 aromatic rings. The molecule has 1 aliphatic rings. The van der Waals surface area contributed by atoms with Crippen LogP contribution in [0.5, 0.6) is 0 Å². The predicted octanol–water partition coefficient (Wildman–Crippen LogP) is 2.15. The van der Waals surface area contributed by atoms with E-state index >= 15 is 0 Å². The molecule has 1 aromatic carbocycles. The van der Waals surface area contributed by atoms with E-state index in [0.29, 0.717) is 12.3 Å². The van der Waals surface area contributed by atoms with Gasteiger partial charge in [0.2, 0.25) is 0 Å². The average molecular weight is 270 g/mol. The van der Waals surface area contributed by atoms with E-state index in [9.17, 15) is 8.78 Å². The van der Waals surface area contributed by atoms with E-state index in [0.717, 1.165) is 31.1 Å². The molecule has 0 radical (unpaired) electrons. The maximum absolute atomic E-state index is 13.2. The van der Waals surface area contributed by atoms with Crippen molar-refractivity contribution >= 4 is 0 Å². The average Bonchev–Trinajstić information content (AvgIpc) is 2.88. The molecule has 3 unspecified atom stereocenters. The lowest BCUT2D eigenvalue weighted by molar-refractivity contribution is 0.0774. The molecule has 1 aliphatic heterocycles. The fourth-order valence-electron chi connectivity index (χ4n) is 2.80. The van der Waals surface area contributed by atoms with Crippen molar-refractivity contribution in [2.75, 3.05) is 6.61 Å². The Kier molecular flexibility index (Phi) is 4.85. The number of rotatable bonds is 5. The second kappa shape index (κ2) is 6.41. The molecule has 3 nitrogen and oxygen atoms in total. The molecule has 0 spiro atoms. The molecule has 0 aliphatic carbocycles. The molecule has 1 saturated heterocycles. The van der Waals surface area contributed by atoms with E-state index in [-0.39, 0.29) is 12.1 Å². The lowest BCUT2D eigenvalue weighted by atomic mass is 9.87. The highest BCUT2D eigenvalue weighted by Gasteiger charge is 2.33. The zero-order chi connectivity index (χ0) is 13.8. The molecular weight excluding hydrogens is 250 g/mol. The summed E-state index contributed by atoms with van der Waals surface area (Å²) < 4.78 is 31.8. The van der Waals surface area contributed by atoms with E-state index in [1.165, 1.54) is 6.07 Å². The number of halogens is 2. The van der Waals surface area contributed by atoms with Crippen LogP contribution < -0.4 is 11.3 Å². The van der Waals surface area contributed by atoms with Gasteiger partial charge in [0.05, 0.1) is 6.10 Å². The van der Waals surface area contributed by atoms with Crippen molar-refractivity contribution in [3.63, 3.8) is 0 Å². The van der Waals surface area contributed by atoms with E-state index in [1.54, 1.807) is 6.07 Å². The van der Waals surface area contributed by atoms with Crippen molar-refractivity contribution < 1.29 is 13.5 Å². The Balaban J connectivity index is 2.08. The van der Waals surface area contributed by atoms with Gasteiger partial charge < -0.3 is 4.74 Å². The molecule has 1 heterocycles. The number of nitrogens with two attached hydrogens (primary N) is 1. The number of benzene rings is 1. The van der Waals surface area contributed by atoms with Crippen LogP contribution >= 0.6 is 0 Å². The molecule has 3 atom stereocenters. The fraction of sp³-hybridized carbons (Fsp3) is 0.571. The van der Waals surface area contributed by atoms with Crippen molar-refractivity contribution in [2.24, 2.45) is 11.8 Å². The quantitative estimate of drug-likeness (QED) is 0.636. The van der Waals surface area contributed by atoms with Crippen LogP contribution in [-0.4, -0.2) is 18.8 Å². The summed E-state index contributed by atoms with van der Waals surface area (Å²) in [4.78, 5) is 0. The van der Waals surface area contributed by atoms with Crippen molar-refractivity contribution in [1.82, 2.24) is 5.43 Å². The zero-order valence-corrected chi connectivity index (χ0v) is 11.0. The fourth-order valence-corrected chi connectivity index (χ4v) is 2.80. The molecule has 106 valence electrons. The van der Waals surface area contributed by atoms with E-state index in [1.807, 2.05) is 0 Å². The Labute approximate surface area is 112 Å².